The number of halogens is 1. The summed E-state index contributed by atoms with van der Waals surface area (Å²) in [6.45, 7) is 6.46. The lowest BCUT2D eigenvalue weighted by molar-refractivity contribution is 0.492. The molecule has 1 N–H and O–H groups in total. The van der Waals surface area contributed by atoms with Crippen molar-refractivity contribution in [3.8, 4) is 0 Å². The van der Waals surface area contributed by atoms with E-state index in [1.807, 2.05) is 25.7 Å². The fraction of sp³-hybridized carbons (Fsp3) is 0.727. The first-order valence-electron chi connectivity index (χ1n) is 5.91. The van der Waals surface area contributed by atoms with Gasteiger partial charge in [0.05, 0.1) is 6.04 Å². The van der Waals surface area contributed by atoms with Crippen LogP contribution in [-0.2, 0) is 10.0 Å². The molecule has 7 heteroatoms. The van der Waals surface area contributed by atoms with Crippen molar-refractivity contribution < 1.29 is 12.8 Å². The van der Waals surface area contributed by atoms with Gasteiger partial charge >= 0.3 is 0 Å². The average molecular weight is 275 g/mol. The van der Waals surface area contributed by atoms with Gasteiger partial charge in [-0.2, -0.15) is 0 Å². The van der Waals surface area contributed by atoms with Crippen LogP contribution in [0.1, 0.15) is 27.2 Å². The van der Waals surface area contributed by atoms with E-state index in [4.69, 9.17) is 0 Å². The molecule has 0 spiro atoms. The van der Waals surface area contributed by atoms with Crippen LogP contribution in [0.2, 0.25) is 0 Å². The first kappa shape index (κ1) is 13.5. The number of hydrogen-bond donors (Lipinski definition) is 1. The number of rotatable bonds is 3. The van der Waals surface area contributed by atoms with Gasteiger partial charge in [-0.3, -0.25) is 4.99 Å². The molecule has 1 saturated heterocycles. The van der Waals surface area contributed by atoms with Crippen molar-refractivity contribution in [3.05, 3.63) is 11.3 Å². The fourth-order valence-corrected chi connectivity index (χ4v) is 3.22. The van der Waals surface area contributed by atoms with Crippen LogP contribution in [0.15, 0.2) is 16.3 Å². The monoisotopic (exact) mass is 275 g/mol. The minimum atomic E-state index is -3.80. The molecular weight excluding hydrogens is 257 g/mol. The molecule has 2 aliphatic rings. The molecule has 0 aliphatic carbocycles. The molecule has 102 valence electrons. The van der Waals surface area contributed by atoms with Crippen molar-refractivity contribution >= 4 is 15.9 Å². The summed E-state index contributed by atoms with van der Waals surface area (Å²) >= 11 is 0. The van der Waals surface area contributed by atoms with E-state index in [0.29, 0.717) is 13.0 Å². The number of fused-ring (bicyclic) bond motifs is 1. The lowest BCUT2D eigenvalue weighted by Crippen LogP contribution is -2.39. The molecular formula is C11H18FN3O2S. The summed E-state index contributed by atoms with van der Waals surface area (Å²) in [5.41, 5.74) is 2.27. The van der Waals surface area contributed by atoms with Crippen LogP contribution in [-0.4, -0.2) is 43.8 Å². The standard InChI is InChI=1S/C11H18FN3O2S/c1-7-8(2)13-9(3)15-5-10(4-11(7)15)14-18(16,17)6-12/h8,10,14H,4-6H2,1-3H3/t8-,10-/m0/s1. The average Bonchev–Trinajstić information content (AvgIpc) is 2.70. The minimum absolute atomic E-state index is 0.132. The molecule has 2 heterocycles. The second kappa shape index (κ2) is 4.62. The van der Waals surface area contributed by atoms with E-state index in [1.165, 1.54) is 0 Å². The molecule has 1 fully saturated rings. The van der Waals surface area contributed by atoms with Gasteiger partial charge in [0.15, 0.2) is 0 Å². The Kier molecular flexibility index (Phi) is 3.46. The zero-order valence-electron chi connectivity index (χ0n) is 10.8. The molecule has 0 bridgehead atoms. The molecule has 0 saturated carbocycles. The summed E-state index contributed by atoms with van der Waals surface area (Å²) < 4.78 is 37.2. The number of sulfonamides is 1. The van der Waals surface area contributed by atoms with Gasteiger partial charge in [-0.05, 0) is 26.3 Å². The van der Waals surface area contributed by atoms with Gasteiger partial charge in [0.25, 0.3) is 0 Å². The predicted octanol–water partition coefficient (Wildman–Crippen LogP) is 1.00. The topological polar surface area (TPSA) is 61.8 Å². The van der Waals surface area contributed by atoms with Crippen molar-refractivity contribution in [2.24, 2.45) is 4.99 Å². The van der Waals surface area contributed by atoms with E-state index in [9.17, 15) is 12.8 Å². The summed E-state index contributed by atoms with van der Waals surface area (Å²) in [5, 5.41) is 0. The molecule has 5 nitrogen and oxygen atoms in total. The lowest BCUT2D eigenvalue weighted by atomic mass is 10.0. The van der Waals surface area contributed by atoms with Crippen LogP contribution in [0.25, 0.3) is 0 Å². The molecule has 0 aromatic rings. The van der Waals surface area contributed by atoms with Crippen LogP contribution in [0.4, 0.5) is 4.39 Å². The number of hydrogen-bond acceptors (Lipinski definition) is 4. The van der Waals surface area contributed by atoms with Crippen molar-refractivity contribution in [1.29, 1.82) is 0 Å². The molecule has 0 unspecified atom stereocenters. The summed E-state index contributed by atoms with van der Waals surface area (Å²) in [5.74, 6) is 0.894. The third kappa shape index (κ3) is 2.42. The maximum Gasteiger partial charge on any atom is 0.241 e. The Bertz CT molecular complexity index is 512. The van der Waals surface area contributed by atoms with Gasteiger partial charge in [-0.25, -0.2) is 17.5 Å². The van der Waals surface area contributed by atoms with Crippen LogP contribution >= 0.6 is 0 Å². The largest absolute Gasteiger partial charge is 0.332 e. The number of amidine groups is 1. The molecule has 0 aromatic heterocycles. The quantitative estimate of drug-likeness (QED) is 0.836. The Hall–Kier alpha value is -0.950. The number of nitrogens with one attached hydrogen (secondary N) is 1. The SMILES string of the molecule is CC1=N[C@@H](C)C(C)=C2C[C@H](NS(=O)(=O)CF)CN12. The molecule has 2 atom stereocenters. The van der Waals surface area contributed by atoms with E-state index in [2.05, 4.69) is 9.71 Å². The Morgan fingerprint density at radius 2 is 2.17 bits per heavy atom. The Labute approximate surface area is 107 Å². The number of alkyl halides is 1. The summed E-state index contributed by atoms with van der Waals surface area (Å²) in [4.78, 5) is 6.51. The van der Waals surface area contributed by atoms with Crippen molar-refractivity contribution in [3.63, 3.8) is 0 Å². The van der Waals surface area contributed by atoms with E-state index in [-0.39, 0.29) is 12.1 Å². The third-order valence-corrected chi connectivity index (χ3v) is 4.49. The highest BCUT2D eigenvalue weighted by molar-refractivity contribution is 7.89. The van der Waals surface area contributed by atoms with Crippen molar-refractivity contribution in [2.75, 3.05) is 12.6 Å². The highest BCUT2D eigenvalue weighted by Gasteiger charge is 2.34. The zero-order valence-corrected chi connectivity index (χ0v) is 11.6. The normalized spacial score (nSPS) is 28.4. The van der Waals surface area contributed by atoms with Crippen LogP contribution in [0.5, 0.6) is 0 Å². The van der Waals surface area contributed by atoms with Crippen molar-refractivity contribution in [2.45, 2.75) is 39.3 Å². The van der Waals surface area contributed by atoms with E-state index < -0.39 is 16.0 Å². The van der Waals surface area contributed by atoms with Gasteiger partial charge in [0.1, 0.15) is 5.84 Å². The van der Waals surface area contributed by atoms with Gasteiger partial charge in [-0.1, -0.05) is 0 Å². The third-order valence-electron chi connectivity index (χ3n) is 3.51. The molecule has 0 amide bonds. The number of aliphatic imine (C=N–C) groups is 1. The Balaban J connectivity index is 2.19. The molecule has 0 radical (unpaired) electrons. The highest BCUT2D eigenvalue weighted by atomic mass is 32.2. The van der Waals surface area contributed by atoms with Crippen molar-refractivity contribution in [1.82, 2.24) is 9.62 Å². The van der Waals surface area contributed by atoms with E-state index in [1.54, 1.807) is 0 Å². The first-order chi connectivity index (χ1) is 8.34. The van der Waals surface area contributed by atoms with Gasteiger partial charge in [0, 0.05) is 24.7 Å². The minimum Gasteiger partial charge on any atom is -0.332 e. The summed E-state index contributed by atoms with van der Waals surface area (Å²) in [7, 11) is -3.80. The molecule has 2 aliphatic heterocycles. The second-order valence-corrected chi connectivity index (χ2v) is 6.52. The van der Waals surface area contributed by atoms with Gasteiger partial charge in [-0.15, -0.1) is 0 Å². The van der Waals surface area contributed by atoms with E-state index >= 15 is 0 Å². The highest BCUT2D eigenvalue weighted by Crippen LogP contribution is 2.31. The predicted molar refractivity (Wildman–Crippen MR) is 68.4 cm³/mol. The smallest absolute Gasteiger partial charge is 0.241 e. The van der Waals surface area contributed by atoms with Crippen LogP contribution in [0.3, 0.4) is 0 Å². The van der Waals surface area contributed by atoms with E-state index in [0.717, 1.165) is 17.1 Å². The fourth-order valence-electron chi connectivity index (χ4n) is 2.49. The lowest BCUT2D eigenvalue weighted by Gasteiger charge is -2.28. The van der Waals surface area contributed by atoms with Gasteiger partial charge in [0.2, 0.25) is 16.0 Å². The first-order valence-corrected chi connectivity index (χ1v) is 7.57. The summed E-state index contributed by atoms with van der Waals surface area (Å²) in [6.07, 6.45) is 0.599. The van der Waals surface area contributed by atoms with Crippen LogP contribution in [0, 0.1) is 0 Å². The van der Waals surface area contributed by atoms with Gasteiger partial charge < -0.3 is 4.90 Å². The van der Waals surface area contributed by atoms with Crippen LogP contribution < -0.4 is 4.72 Å². The molecule has 2 rings (SSSR count). The maximum absolute atomic E-state index is 12.3. The zero-order chi connectivity index (χ0) is 13.5. The Morgan fingerprint density at radius 1 is 1.50 bits per heavy atom. The summed E-state index contributed by atoms with van der Waals surface area (Å²) in [6, 6.07) is -1.51. The number of nitrogens with zero attached hydrogens (tertiary/aromatic N) is 2. The molecule has 18 heavy (non-hydrogen) atoms. The Morgan fingerprint density at radius 3 is 2.78 bits per heavy atom. The second-order valence-electron chi connectivity index (χ2n) is 4.84. The molecule has 0 aromatic carbocycles. The maximum atomic E-state index is 12.3.